The van der Waals surface area contributed by atoms with E-state index in [0.717, 1.165) is 8.87 Å². The molecule has 1 aromatic rings. The molecule has 0 unspecified atom stereocenters. The summed E-state index contributed by atoms with van der Waals surface area (Å²) in [6.45, 7) is 0. The van der Waals surface area contributed by atoms with Crippen LogP contribution < -0.4 is 8.87 Å². The Morgan fingerprint density at radius 3 is 1.71 bits per heavy atom. The molecule has 1 rings (SSSR count). The third kappa shape index (κ3) is 1.44. The summed E-state index contributed by atoms with van der Waals surface area (Å²) in [4.78, 5) is 0. The monoisotopic (exact) mass is 80.0 g/mol. The Morgan fingerprint density at radius 1 is 1.14 bits per heavy atom. The number of hydrogen-bond acceptors (Lipinski definition) is 1. The minimum atomic E-state index is 0.984. The van der Waals surface area contributed by atoms with Crippen molar-refractivity contribution in [2.75, 3.05) is 0 Å². The Balaban J connectivity index is 3.04. The zero-order valence-corrected chi connectivity index (χ0v) is 4.56. The van der Waals surface area contributed by atoms with Crippen LogP contribution >= 0.6 is 0 Å². The number of rotatable bonds is 0. The number of furan rings is 1. The average molecular weight is 79.9 g/mol. The summed E-state index contributed by atoms with van der Waals surface area (Å²) in [5.41, 5.74) is 0. The van der Waals surface area contributed by atoms with E-state index < -0.39 is 0 Å². The second-order valence-corrected chi connectivity index (χ2v) is 1.66. The first-order chi connectivity index (χ1) is 3.29. The van der Waals surface area contributed by atoms with Gasteiger partial charge in [0.15, 0.2) is 0 Å². The molecule has 0 spiro atoms. The van der Waals surface area contributed by atoms with E-state index in [0.29, 0.717) is 0 Å². The molecule has 0 aliphatic rings. The molecule has 0 aliphatic carbocycles. The first-order valence-corrected chi connectivity index (χ1v) is 2.32. The SMILES string of the molecule is [Li][c]1cc[c]([Li])o1. The van der Waals surface area contributed by atoms with Crippen molar-refractivity contribution in [3.63, 3.8) is 0 Å². The normalized spacial score (nSPS) is 9.71. The molecule has 0 atom stereocenters. The predicted octanol–water partition coefficient (Wildman–Crippen LogP) is -1.13. The molecular formula is C4H2Li2O. The molecule has 1 heterocycles. The first kappa shape index (κ1) is 5.61. The number of hydrogen-bond donors (Lipinski definition) is 0. The quantitative estimate of drug-likeness (QED) is 0.359. The average Bonchev–Trinajstić information content (AvgIpc) is 1.87. The molecule has 1 nitrogen and oxygen atoms in total. The van der Waals surface area contributed by atoms with Crippen molar-refractivity contribution in [3.05, 3.63) is 12.1 Å². The Labute approximate surface area is 60.9 Å². The third-order valence-electron chi connectivity index (χ3n) is 0.875. The summed E-state index contributed by atoms with van der Waals surface area (Å²) in [5, 5.41) is 0. The van der Waals surface area contributed by atoms with Crippen LogP contribution in [0.3, 0.4) is 0 Å². The maximum absolute atomic E-state index is 5.08. The molecule has 0 fully saturated rings. The van der Waals surface area contributed by atoms with Crippen LogP contribution in [0.4, 0.5) is 0 Å². The molecular weight excluding hydrogens is 77.9 g/mol. The molecule has 0 bridgehead atoms. The molecule has 0 radical (unpaired) electrons. The zero-order valence-electron chi connectivity index (χ0n) is 4.56. The van der Waals surface area contributed by atoms with Crippen molar-refractivity contribution in [3.8, 4) is 0 Å². The summed E-state index contributed by atoms with van der Waals surface area (Å²) in [6, 6.07) is 3.91. The summed E-state index contributed by atoms with van der Waals surface area (Å²) in [7, 11) is 0. The van der Waals surface area contributed by atoms with Gasteiger partial charge in [-0.15, -0.1) is 0 Å². The summed E-state index contributed by atoms with van der Waals surface area (Å²) >= 11 is 3.88. The van der Waals surface area contributed by atoms with Gasteiger partial charge in [-0.25, -0.2) is 0 Å². The molecule has 0 amide bonds. The molecule has 7 heavy (non-hydrogen) atoms. The van der Waals surface area contributed by atoms with E-state index in [1.165, 1.54) is 0 Å². The van der Waals surface area contributed by atoms with Gasteiger partial charge in [0, 0.05) is 0 Å². The van der Waals surface area contributed by atoms with Gasteiger partial charge < -0.3 is 0 Å². The molecule has 0 aromatic carbocycles. The van der Waals surface area contributed by atoms with Gasteiger partial charge in [0.05, 0.1) is 0 Å². The maximum atomic E-state index is 5.08. The molecule has 3 heteroatoms. The topological polar surface area (TPSA) is 13.1 Å². The van der Waals surface area contributed by atoms with Crippen LogP contribution in [0, 0.1) is 0 Å². The molecule has 26 valence electrons. The van der Waals surface area contributed by atoms with Crippen molar-refractivity contribution >= 4 is 44.3 Å². The minimum absolute atomic E-state index is 0.984. The second-order valence-electron chi connectivity index (χ2n) is 1.66. The first-order valence-electron chi connectivity index (χ1n) is 2.32. The van der Waals surface area contributed by atoms with Crippen molar-refractivity contribution in [2.24, 2.45) is 0 Å². The van der Waals surface area contributed by atoms with Crippen LogP contribution in [-0.4, -0.2) is 35.4 Å². The Morgan fingerprint density at radius 2 is 1.57 bits per heavy atom. The van der Waals surface area contributed by atoms with Gasteiger partial charge >= 0.3 is 60.8 Å². The molecule has 1 aromatic heterocycles. The van der Waals surface area contributed by atoms with Crippen molar-refractivity contribution < 1.29 is 4.42 Å². The van der Waals surface area contributed by atoms with Crippen molar-refractivity contribution in [1.82, 2.24) is 0 Å². The fourth-order valence-electron chi connectivity index (χ4n) is 0.557. The molecule has 0 saturated carbocycles. The zero-order chi connectivity index (χ0) is 5.28. The van der Waals surface area contributed by atoms with E-state index in [1.54, 1.807) is 0 Å². The van der Waals surface area contributed by atoms with Crippen LogP contribution in [0.1, 0.15) is 0 Å². The van der Waals surface area contributed by atoms with Gasteiger partial charge in [0.2, 0.25) is 0 Å². The van der Waals surface area contributed by atoms with E-state index in [9.17, 15) is 0 Å². The Hall–Kier alpha value is 0.475. The van der Waals surface area contributed by atoms with Gasteiger partial charge in [-0.3, -0.25) is 0 Å². The van der Waals surface area contributed by atoms with E-state index in [-0.39, 0.29) is 0 Å². The summed E-state index contributed by atoms with van der Waals surface area (Å²) in [6.07, 6.45) is 0. The van der Waals surface area contributed by atoms with E-state index in [1.807, 2.05) is 47.6 Å². The van der Waals surface area contributed by atoms with Crippen molar-refractivity contribution in [2.45, 2.75) is 0 Å². The van der Waals surface area contributed by atoms with Gasteiger partial charge in [0.25, 0.3) is 0 Å². The fraction of sp³-hybridized carbons (Fsp3) is 0. The van der Waals surface area contributed by atoms with E-state index in [2.05, 4.69) is 0 Å². The Bertz CT molecular complexity index is 142. The fourth-order valence-corrected chi connectivity index (χ4v) is 0.557. The molecule has 0 aliphatic heterocycles. The van der Waals surface area contributed by atoms with Crippen LogP contribution in [0.5, 0.6) is 0 Å². The Kier molecular flexibility index (Phi) is 1.73. The van der Waals surface area contributed by atoms with Gasteiger partial charge in [-0.2, -0.15) is 0 Å². The summed E-state index contributed by atoms with van der Waals surface area (Å²) < 4.78 is 7.05. The summed E-state index contributed by atoms with van der Waals surface area (Å²) in [5.74, 6) is 0. The van der Waals surface area contributed by atoms with Gasteiger partial charge in [-0.1, -0.05) is 0 Å². The van der Waals surface area contributed by atoms with Gasteiger partial charge in [-0.05, 0) is 0 Å². The predicted molar refractivity (Wildman–Crippen MR) is 29.5 cm³/mol. The van der Waals surface area contributed by atoms with E-state index >= 15 is 0 Å². The molecule has 0 saturated heterocycles. The van der Waals surface area contributed by atoms with Crippen LogP contribution in [-0.2, 0) is 0 Å². The second kappa shape index (κ2) is 2.16. The van der Waals surface area contributed by atoms with Crippen molar-refractivity contribution in [1.29, 1.82) is 0 Å². The van der Waals surface area contributed by atoms with Crippen LogP contribution in [0.2, 0.25) is 0 Å². The molecule has 0 N–H and O–H groups in total. The standard InChI is InChI=1S/C4H2O.2Li/c1-2-4-5-3-1;;/h1-2H;;. The third-order valence-corrected chi connectivity index (χ3v) is 0.875. The van der Waals surface area contributed by atoms with Crippen LogP contribution in [0.15, 0.2) is 16.5 Å². The van der Waals surface area contributed by atoms with E-state index in [4.69, 9.17) is 4.42 Å². The van der Waals surface area contributed by atoms with Gasteiger partial charge in [0.1, 0.15) is 0 Å². The van der Waals surface area contributed by atoms with Crippen LogP contribution in [0.25, 0.3) is 0 Å².